The van der Waals surface area contributed by atoms with E-state index in [1.807, 2.05) is 19.1 Å². The van der Waals surface area contributed by atoms with Gasteiger partial charge >= 0.3 is 6.09 Å². The zero-order valence-corrected chi connectivity index (χ0v) is 20.5. The van der Waals surface area contributed by atoms with Crippen molar-refractivity contribution in [3.63, 3.8) is 0 Å². The molecule has 2 aliphatic rings. The van der Waals surface area contributed by atoms with Crippen LogP contribution in [0.3, 0.4) is 0 Å². The molecule has 1 aromatic carbocycles. The number of nitrogens with two attached hydrogens (primary N) is 1. The first-order valence-electron chi connectivity index (χ1n) is 11.3. The molecule has 0 bridgehead atoms. The average molecular weight is 469 g/mol. The molecule has 1 spiro atoms. The van der Waals surface area contributed by atoms with Crippen LogP contribution < -0.4 is 25.8 Å². The number of pyridine rings is 1. The zero-order chi connectivity index (χ0) is 24.9. The third-order valence-corrected chi connectivity index (χ3v) is 5.94. The van der Waals surface area contributed by atoms with Crippen molar-refractivity contribution in [2.45, 2.75) is 70.9 Å². The molecule has 1 aliphatic carbocycles. The molecule has 1 saturated carbocycles. The van der Waals surface area contributed by atoms with Crippen molar-refractivity contribution in [2.24, 2.45) is 0 Å². The number of ether oxygens (including phenoxy) is 3. The molecule has 1 aliphatic heterocycles. The minimum Gasteiger partial charge on any atom is -0.492 e. The van der Waals surface area contributed by atoms with Crippen molar-refractivity contribution in [3.8, 4) is 17.4 Å². The van der Waals surface area contributed by atoms with Gasteiger partial charge in [0.15, 0.2) is 5.82 Å². The summed E-state index contributed by atoms with van der Waals surface area (Å²) in [4.78, 5) is 29.2. The summed E-state index contributed by atoms with van der Waals surface area (Å²) in [6.45, 7) is 11.1. The highest BCUT2D eigenvalue weighted by Crippen LogP contribution is 2.59. The number of fused-ring (bicyclic) bond motifs is 2. The Bertz CT molecular complexity index is 1150. The first-order valence-corrected chi connectivity index (χ1v) is 11.3. The number of nitrogens with zero attached hydrogens (tertiary/aromatic N) is 1. The number of alkyl carbamates (subject to hydrolysis) is 1. The van der Waals surface area contributed by atoms with Crippen LogP contribution in [-0.2, 0) is 14.9 Å². The second kappa shape index (κ2) is 8.07. The number of aromatic nitrogens is 1. The second-order valence-corrected chi connectivity index (χ2v) is 10.5. The van der Waals surface area contributed by atoms with Gasteiger partial charge in [-0.15, -0.1) is 0 Å². The number of carbonyl (C=O) groups is 2. The molecular weight excluding hydrogens is 436 g/mol. The van der Waals surface area contributed by atoms with E-state index >= 15 is 0 Å². The number of nitrogens with one attached hydrogen (secondary N) is 2. The fraction of sp³-hybridized carbons (Fsp3) is 0.480. The normalized spacial score (nSPS) is 15.8. The lowest BCUT2D eigenvalue weighted by Gasteiger charge is -2.27. The minimum atomic E-state index is -1.25. The minimum absolute atomic E-state index is 0.0445. The Kier molecular flexibility index (Phi) is 5.62. The Morgan fingerprint density at radius 1 is 1.12 bits per heavy atom. The Morgan fingerprint density at radius 3 is 2.44 bits per heavy atom. The fourth-order valence-corrected chi connectivity index (χ4v) is 3.90. The highest BCUT2D eigenvalue weighted by atomic mass is 16.6. The van der Waals surface area contributed by atoms with Gasteiger partial charge < -0.3 is 30.6 Å². The van der Waals surface area contributed by atoms with Gasteiger partial charge in [0.1, 0.15) is 22.6 Å². The SMILES string of the molecule is Cc1ccc(Oc2ccc(NC(=O)C(C)(C)NC(=O)OC(C)(C)C)c(N)n2)c2c1OCC21CC1. The molecule has 1 fully saturated rings. The molecule has 0 saturated heterocycles. The second-order valence-electron chi connectivity index (χ2n) is 10.5. The summed E-state index contributed by atoms with van der Waals surface area (Å²) < 4.78 is 17.3. The van der Waals surface area contributed by atoms with Crippen molar-refractivity contribution in [3.05, 3.63) is 35.4 Å². The van der Waals surface area contributed by atoms with Gasteiger partial charge in [0.2, 0.25) is 11.8 Å². The van der Waals surface area contributed by atoms with Gasteiger partial charge in [0.05, 0.1) is 12.3 Å². The van der Waals surface area contributed by atoms with Crippen LogP contribution in [-0.4, -0.2) is 34.7 Å². The Labute approximate surface area is 199 Å². The van der Waals surface area contributed by atoms with E-state index in [0.717, 1.165) is 29.7 Å². The molecule has 4 rings (SSSR count). The van der Waals surface area contributed by atoms with E-state index in [1.165, 1.54) is 0 Å². The van der Waals surface area contributed by atoms with Gasteiger partial charge in [-0.3, -0.25) is 4.79 Å². The summed E-state index contributed by atoms with van der Waals surface area (Å²) in [7, 11) is 0. The lowest BCUT2D eigenvalue weighted by Crippen LogP contribution is -2.53. The first-order chi connectivity index (χ1) is 15.8. The number of benzene rings is 1. The van der Waals surface area contributed by atoms with Crippen LogP contribution in [0.15, 0.2) is 24.3 Å². The molecule has 2 aromatic rings. The van der Waals surface area contributed by atoms with E-state index in [1.54, 1.807) is 46.8 Å². The molecule has 182 valence electrons. The highest BCUT2D eigenvalue weighted by molar-refractivity contribution is 6.00. The van der Waals surface area contributed by atoms with E-state index in [9.17, 15) is 9.59 Å². The molecule has 0 radical (unpaired) electrons. The van der Waals surface area contributed by atoms with E-state index in [4.69, 9.17) is 19.9 Å². The number of hydrogen-bond donors (Lipinski definition) is 3. The van der Waals surface area contributed by atoms with Crippen LogP contribution in [0.4, 0.5) is 16.3 Å². The number of amides is 2. The average Bonchev–Trinajstić information content (AvgIpc) is 3.37. The summed E-state index contributed by atoms with van der Waals surface area (Å²) in [5.74, 6) is 1.55. The van der Waals surface area contributed by atoms with Crippen LogP contribution in [0.2, 0.25) is 0 Å². The van der Waals surface area contributed by atoms with E-state index in [2.05, 4.69) is 15.6 Å². The fourth-order valence-electron chi connectivity index (χ4n) is 3.90. The lowest BCUT2D eigenvalue weighted by atomic mass is 9.95. The van der Waals surface area contributed by atoms with Crippen molar-refractivity contribution < 1.29 is 23.8 Å². The summed E-state index contributed by atoms with van der Waals surface area (Å²) in [5.41, 5.74) is 6.73. The number of hydrogen-bond acceptors (Lipinski definition) is 7. The summed E-state index contributed by atoms with van der Waals surface area (Å²) >= 11 is 0. The Hall–Kier alpha value is -3.49. The van der Waals surface area contributed by atoms with Gasteiger partial charge in [-0.2, -0.15) is 4.98 Å². The van der Waals surface area contributed by atoms with Gasteiger partial charge in [-0.1, -0.05) is 6.07 Å². The quantitative estimate of drug-likeness (QED) is 0.593. The monoisotopic (exact) mass is 468 g/mol. The number of nitrogen functional groups attached to an aromatic ring is 1. The van der Waals surface area contributed by atoms with Crippen LogP contribution >= 0.6 is 0 Å². The number of carbonyl (C=O) groups excluding carboxylic acids is 2. The summed E-state index contributed by atoms with van der Waals surface area (Å²) in [6.07, 6.45) is 1.46. The van der Waals surface area contributed by atoms with Crippen LogP contribution in [0.25, 0.3) is 0 Å². The lowest BCUT2D eigenvalue weighted by molar-refractivity contribution is -0.121. The zero-order valence-electron chi connectivity index (χ0n) is 20.5. The van der Waals surface area contributed by atoms with E-state index < -0.39 is 23.1 Å². The predicted octanol–water partition coefficient (Wildman–Crippen LogP) is 4.43. The van der Waals surface area contributed by atoms with Crippen LogP contribution in [0.1, 0.15) is 58.6 Å². The molecule has 0 unspecified atom stereocenters. The molecule has 1 aromatic heterocycles. The Morgan fingerprint density at radius 2 is 1.82 bits per heavy atom. The third-order valence-electron chi connectivity index (χ3n) is 5.94. The maximum Gasteiger partial charge on any atom is 0.408 e. The Balaban J connectivity index is 1.46. The van der Waals surface area contributed by atoms with E-state index in [-0.39, 0.29) is 11.2 Å². The third kappa shape index (κ3) is 4.73. The van der Waals surface area contributed by atoms with Crippen molar-refractivity contribution in [1.29, 1.82) is 0 Å². The van der Waals surface area contributed by atoms with Crippen molar-refractivity contribution >= 4 is 23.5 Å². The van der Waals surface area contributed by atoms with Gasteiger partial charge in [-0.05, 0) is 72.1 Å². The van der Waals surface area contributed by atoms with Crippen LogP contribution in [0, 0.1) is 6.92 Å². The molecule has 2 amide bonds. The molecule has 9 nitrogen and oxygen atoms in total. The molecule has 9 heteroatoms. The molecule has 2 heterocycles. The number of anilines is 2. The summed E-state index contributed by atoms with van der Waals surface area (Å²) in [6, 6.07) is 7.16. The molecular formula is C25H32N4O5. The molecule has 4 N–H and O–H groups in total. The topological polar surface area (TPSA) is 125 Å². The largest absolute Gasteiger partial charge is 0.492 e. The van der Waals surface area contributed by atoms with Gasteiger partial charge in [0, 0.05) is 17.0 Å². The maximum atomic E-state index is 12.8. The number of aryl methyl sites for hydroxylation is 1. The van der Waals surface area contributed by atoms with Gasteiger partial charge in [-0.25, -0.2) is 4.79 Å². The standard InChI is InChI=1S/C25H32N4O5/c1-14-7-9-16(18-19(14)32-13-25(18)11-12-25)33-17-10-8-15(20(26)28-17)27-21(30)24(5,6)29-22(31)34-23(2,3)4/h7-10H,11-13H2,1-6H3,(H2,26,28)(H,27,30)(H,29,31). The van der Waals surface area contributed by atoms with Crippen LogP contribution in [0.5, 0.6) is 17.4 Å². The maximum absolute atomic E-state index is 12.8. The molecule has 0 atom stereocenters. The van der Waals surface area contributed by atoms with E-state index in [0.29, 0.717) is 23.9 Å². The highest BCUT2D eigenvalue weighted by Gasteiger charge is 2.53. The van der Waals surface area contributed by atoms with Gasteiger partial charge in [0.25, 0.3) is 0 Å². The smallest absolute Gasteiger partial charge is 0.408 e. The molecule has 34 heavy (non-hydrogen) atoms. The predicted molar refractivity (Wildman–Crippen MR) is 128 cm³/mol. The number of rotatable bonds is 5. The summed E-state index contributed by atoms with van der Waals surface area (Å²) in [5, 5.41) is 5.28. The van der Waals surface area contributed by atoms with Crippen molar-refractivity contribution in [1.82, 2.24) is 10.3 Å². The van der Waals surface area contributed by atoms with Crippen molar-refractivity contribution in [2.75, 3.05) is 17.7 Å². The first kappa shape index (κ1) is 23.7.